The van der Waals surface area contributed by atoms with Crippen molar-refractivity contribution in [1.82, 2.24) is 14.9 Å². The summed E-state index contributed by atoms with van der Waals surface area (Å²) < 4.78 is 0. The van der Waals surface area contributed by atoms with Crippen LogP contribution in [0.4, 0.5) is 0 Å². The maximum absolute atomic E-state index is 12.1. The number of hydrogen-bond donors (Lipinski definition) is 1. The molecular weight excluding hydrogens is 250 g/mol. The summed E-state index contributed by atoms with van der Waals surface area (Å²) in [5, 5.41) is 0.662. The number of benzene rings is 1. The highest BCUT2D eigenvalue weighted by Crippen LogP contribution is 2.24. The Labute approximate surface area is 118 Å². The van der Waals surface area contributed by atoms with Crippen molar-refractivity contribution < 1.29 is 0 Å². The van der Waals surface area contributed by atoms with Crippen molar-refractivity contribution in [3.63, 3.8) is 0 Å². The van der Waals surface area contributed by atoms with Crippen LogP contribution in [0.25, 0.3) is 10.9 Å². The zero-order valence-corrected chi connectivity index (χ0v) is 12.1. The van der Waals surface area contributed by atoms with Gasteiger partial charge in [0, 0.05) is 6.54 Å². The van der Waals surface area contributed by atoms with Gasteiger partial charge < -0.3 is 4.98 Å². The summed E-state index contributed by atoms with van der Waals surface area (Å²) in [5.41, 5.74) is 0.741. The van der Waals surface area contributed by atoms with Crippen molar-refractivity contribution in [1.29, 1.82) is 0 Å². The van der Waals surface area contributed by atoms with Gasteiger partial charge in [-0.1, -0.05) is 19.1 Å². The van der Waals surface area contributed by atoms with Crippen molar-refractivity contribution in [3.8, 4) is 0 Å². The largest absolute Gasteiger partial charge is 0.309 e. The van der Waals surface area contributed by atoms with E-state index in [0.29, 0.717) is 5.39 Å². The first-order valence-electron chi connectivity index (χ1n) is 7.38. The molecule has 0 amide bonds. The minimum Gasteiger partial charge on any atom is -0.309 e. The zero-order chi connectivity index (χ0) is 14.1. The molecule has 2 heterocycles. The zero-order valence-electron chi connectivity index (χ0n) is 12.1. The predicted molar refractivity (Wildman–Crippen MR) is 80.7 cm³/mol. The van der Waals surface area contributed by atoms with Gasteiger partial charge in [-0.3, -0.25) is 9.69 Å². The van der Waals surface area contributed by atoms with Gasteiger partial charge in [-0.15, -0.1) is 0 Å². The van der Waals surface area contributed by atoms with Crippen LogP contribution in [-0.4, -0.2) is 28.0 Å². The molecule has 1 aromatic carbocycles. The highest BCUT2D eigenvalue weighted by Gasteiger charge is 2.23. The Kier molecular flexibility index (Phi) is 3.57. The molecule has 4 nitrogen and oxygen atoms in total. The molecule has 1 saturated heterocycles. The number of fused-ring (bicyclic) bond motifs is 1. The first kappa shape index (κ1) is 13.3. The van der Waals surface area contributed by atoms with Gasteiger partial charge in [0.15, 0.2) is 0 Å². The lowest BCUT2D eigenvalue weighted by Gasteiger charge is -2.34. The molecule has 0 saturated carbocycles. The SMILES string of the molecule is C[C@H]1CCCN([C@@H](C)c2nc3ccccc3c(=O)[nH]2)C1. The average molecular weight is 271 g/mol. The Bertz CT molecular complexity index is 664. The number of likely N-dealkylation sites (tertiary alicyclic amines) is 1. The van der Waals surface area contributed by atoms with Gasteiger partial charge in [0.05, 0.1) is 16.9 Å². The van der Waals surface area contributed by atoms with Crippen LogP contribution < -0.4 is 5.56 Å². The lowest BCUT2D eigenvalue weighted by molar-refractivity contribution is 0.134. The van der Waals surface area contributed by atoms with Crippen LogP contribution >= 0.6 is 0 Å². The molecule has 0 radical (unpaired) electrons. The molecule has 2 atom stereocenters. The van der Waals surface area contributed by atoms with Crippen molar-refractivity contribution in [2.24, 2.45) is 5.92 Å². The van der Waals surface area contributed by atoms with E-state index in [1.807, 2.05) is 24.3 Å². The van der Waals surface area contributed by atoms with E-state index in [2.05, 4.69) is 28.7 Å². The molecule has 1 N–H and O–H groups in total. The van der Waals surface area contributed by atoms with Gasteiger partial charge in [0.25, 0.3) is 5.56 Å². The molecule has 1 fully saturated rings. The Morgan fingerprint density at radius 3 is 3.00 bits per heavy atom. The van der Waals surface area contributed by atoms with E-state index >= 15 is 0 Å². The van der Waals surface area contributed by atoms with E-state index in [-0.39, 0.29) is 11.6 Å². The van der Waals surface area contributed by atoms with Gasteiger partial charge in [-0.05, 0) is 44.4 Å². The highest BCUT2D eigenvalue weighted by atomic mass is 16.1. The Balaban J connectivity index is 1.95. The number of para-hydroxylation sites is 1. The van der Waals surface area contributed by atoms with E-state index in [0.717, 1.165) is 30.3 Å². The lowest BCUT2D eigenvalue weighted by Crippen LogP contribution is -2.37. The van der Waals surface area contributed by atoms with Crippen LogP contribution in [0.2, 0.25) is 0 Å². The fourth-order valence-corrected chi connectivity index (χ4v) is 3.05. The van der Waals surface area contributed by atoms with Crippen LogP contribution in [0.15, 0.2) is 29.1 Å². The fourth-order valence-electron chi connectivity index (χ4n) is 3.05. The molecule has 20 heavy (non-hydrogen) atoms. The molecule has 0 unspecified atom stereocenters. The lowest BCUT2D eigenvalue weighted by atomic mass is 9.99. The van der Waals surface area contributed by atoms with Crippen molar-refractivity contribution in [3.05, 3.63) is 40.4 Å². The van der Waals surface area contributed by atoms with Crippen LogP contribution in [0.3, 0.4) is 0 Å². The summed E-state index contributed by atoms with van der Waals surface area (Å²) in [7, 11) is 0. The quantitative estimate of drug-likeness (QED) is 0.913. The maximum Gasteiger partial charge on any atom is 0.258 e. The summed E-state index contributed by atoms with van der Waals surface area (Å²) in [6.45, 7) is 6.58. The van der Waals surface area contributed by atoms with Crippen molar-refractivity contribution in [2.45, 2.75) is 32.7 Å². The number of aromatic amines is 1. The Hall–Kier alpha value is -1.68. The maximum atomic E-state index is 12.1. The summed E-state index contributed by atoms with van der Waals surface area (Å²) in [4.78, 5) is 22.1. The third kappa shape index (κ3) is 2.48. The molecule has 0 bridgehead atoms. The molecule has 1 aliphatic rings. The average Bonchev–Trinajstić information content (AvgIpc) is 2.46. The summed E-state index contributed by atoms with van der Waals surface area (Å²) in [5.74, 6) is 1.50. The molecule has 3 rings (SSSR count). The second-order valence-corrected chi connectivity index (χ2v) is 5.89. The second-order valence-electron chi connectivity index (χ2n) is 5.89. The number of nitrogens with zero attached hydrogens (tertiary/aromatic N) is 2. The molecule has 0 spiro atoms. The normalized spacial score (nSPS) is 22.0. The van der Waals surface area contributed by atoms with E-state index < -0.39 is 0 Å². The van der Waals surface area contributed by atoms with Gasteiger partial charge in [0.2, 0.25) is 0 Å². The molecule has 1 aromatic heterocycles. The molecule has 106 valence electrons. The third-order valence-corrected chi connectivity index (χ3v) is 4.26. The van der Waals surface area contributed by atoms with Gasteiger partial charge in [-0.2, -0.15) is 0 Å². The third-order valence-electron chi connectivity index (χ3n) is 4.26. The number of rotatable bonds is 2. The highest BCUT2D eigenvalue weighted by molar-refractivity contribution is 5.77. The summed E-state index contributed by atoms with van der Waals surface area (Å²) >= 11 is 0. The van der Waals surface area contributed by atoms with Crippen LogP contribution in [-0.2, 0) is 0 Å². The number of piperidine rings is 1. The number of hydrogen-bond acceptors (Lipinski definition) is 3. The topological polar surface area (TPSA) is 49.0 Å². The Morgan fingerprint density at radius 1 is 1.40 bits per heavy atom. The van der Waals surface area contributed by atoms with E-state index in [1.54, 1.807) is 0 Å². The number of nitrogens with one attached hydrogen (secondary N) is 1. The van der Waals surface area contributed by atoms with Gasteiger partial charge >= 0.3 is 0 Å². The van der Waals surface area contributed by atoms with Gasteiger partial charge in [0.1, 0.15) is 5.82 Å². The Morgan fingerprint density at radius 2 is 2.20 bits per heavy atom. The predicted octanol–water partition coefficient (Wildman–Crippen LogP) is 2.72. The monoisotopic (exact) mass is 271 g/mol. The molecule has 0 aliphatic carbocycles. The minimum atomic E-state index is -0.0393. The summed E-state index contributed by atoms with van der Waals surface area (Å²) in [6, 6.07) is 7.68. The molecular formula is C16H21N3O. The summed E-state index contributed by atoms with van der Waals surface area (Å²) in [6.07, 6.45) is 2.52. The number of aromatic nitrogens is 2. The van der Waals surface area contributed by atoms with E-state index in [4.69, 9.17) is 0 Å². The molecule has 4 heteroatoms. The van der Waals surface area contributed by atoms with Crippen LogP contribution in [0.5, 0.6) is 0 Å². The standard InChI is InChI=1S/C16H21N3O/c1-11-6-5-9-19(10-11)12(2)15-17-14-8-4-3-7-13(14)16(20)18-15/h3-4,7-8,11-12H,5-6,9-10H2,1-2H3,(H,17,18,20)/t11-,12-/m0/s1. The second kappa shape index (κ2) is 5.37. The van der Waals surface area contributed by atoms with Crippen molar-refractivity contribution >= 4 is 10.9 Å². The molecule has 1 aliphatic heterocycles. The smallest absolute Gasteiger partial charge is 0.258 e. The number of H-pyrrole nitrogens is 1. The minimum absolute atomic E-state index is 0.0393. The van der Waals surface area contributed by atoms with Crippen LogP contribution in [0.1, 0.15) is 38.6 Å². The van der Waals surface area contributed by atoms with Gasteiger partial charge in [-0.25, -0.2) is 4.98 Å². The van der Waals surface area contributed by atoms with E-state index in [9.17, 15) is 4.79 Å². The first-order valence-corrected chi connectivity index (χ1v) is 7.38. The first-order chi connectivity index (χ1) is 9.65. The van der Waals surface area contributed by atoms with E-state index in [1.165, 1.54) is 12.8 Å². The fraction of sp³-hybridized carbons (Fsp3) is 0.500. The van der Waals surface area contributed by atoms with Crippen LogP contribution in [0, 0.1) is 5.92 Å². The van der Waals surface area contributed by atoms with Crippen molar-refractivity contribution in [2.75, 3.05) is 13.1 Å². The molecule has 2 aromatic rings.